The van der Waals surface area contributed by atoms with Crippen LogP contribution >= 0.6 is 0 Å². The van der Waals surface area contributed by atoms with Crippen molar-refractivity contribution in [2.75, 3.05) is 31.1 Å². The smallest absolute Gasteiger partial charge is 0.355 e. The Morgan fingerprint density at radius 1 is 1.00 bits per heavy atom. The summed E-state index contributed by atoms with van der Waals surface area (Å²) in [6.45, 7) is 2.81. The summed E-state index contributed by atoms with van der Waals surface area (Å²) in [7, 11) is 2.87. The van der Waals surface area contributed by atoms with E-state index in [1.165, 1.54) is 30.8 Å². The van der Waals surface area contributed by atoms with Crippen LogP contribution < -0.4 is 16.1 Å². The Morgan fingerprint density at radius 2 is 1.67 bits per heavy atom. The van der Waals surface area contributed by atoms with Crippen molar-refractivity contribution in [1.82, 2.24) is 14.0 Å². The Labute approximate surface area is 171 Å². The van der Waals surface area contributed by atoms with Crippen molar-refractivity contribution >= 4 is 5.82 Å². The molecule has 0 unspecified atom stereocenters. The van der Waals surface area contributed by atoms with Crippen molar-refractivity contribution in [2.24, 2.45) is 14.1 Å². The number of anilines is 1. The van der Waals surface area contributed by atoms with E-state index in [9.17, 15) is 28.0 Å². The number of halogens is 3. The molecule has 1 aromatic heterocycles. The third-order valence-electron chi connectivity index (χ3n) is 5.32. The van der Waals surface area contributed by atoms with Gasteiger partial charge in [-0.25, -0.2) is 4.79 Å². The van der Waals surface area contributed by atoms with E-state index in [1.807, 2.05) is 11.0 Å². The molecule has 0 saturated carbocycles. The second kappa shape index (κ2) is 8.36. The SMILES string of the molecule is Cn1c(N2CCCN(Cc3ccc(C(F)(F)F)cc3)CC2)c(C#N)c(=O)n(C)c1=O. The molecule has 0 aliphatic carbocycles. The molecule has 0 spiro atoms. The standard InChI is InChI=1S/C20H22F3N5O2/c1-25-17(16(12-24)18(29)26(2)19(25)30)28-9-3-8-27(10-11-28)13-14-4-6-15(7-5-14)20(21,22)23/h4-7H,3,8-11,13H2,1-2H3. The fourth-order valence-electron chi connectivity index (χ4n) is 3.70. The topological polar surface area (TPSA) is 74.3 Å². The number of nitrogens with zero attached hydrogens (tertiary/aromatic N) is 5. The number of nitriles is 1. The van der Waals surface area contributed by atoms with Crippen LogP contribution in [0.15, 0.2) is 33.9 Å². The van der Waals surface area contributed by atoms with Gasteiger partial charge in [0.1, 0.15) is 11.9 Å². The summed E-state index contributed by atoms with van der Waals surface area (Å²) >= 11 is 0. The summed E-state index contributed by atoms with van der Waals surface area (Å²) in [5.74, 6) is 0.307. The van der Waals surface area contributed by atoms with Gasteiger partial charge in [-0.1, -0.05) is 12.1 Å². The number of benzene rings is 1. The van der Waals surface area contributed by atoms with Crippen molar-refractivity contribution < 1.29 is 13.2 Å². The minimum Gasteiger partial charge on any atom is -0.355 e. The summed E-state index contributed by atoms with van der Waals surface area (Å²) in [6, 6.07) is 7.03. The molecule has 10 heteroatoms. The maximum absolute atomic E-state index is 12.7. The van der Waals surface area contributed by atoms with E-state index >= 15 is 0 Å². The molecule has 1 aromatic carbocycles. The number of alkyl halides is 3. The van der Waals surface area contributed by atoms with Crippen LogP contribution in [0.1, 0.15) is 23.1 Å². The van der Waals surface area contributed by atoms with Gasteiger partial charge in [-0.15, -0.1) is 0 Å². The minimum atomic E-state index is -4.36. The number of hydrogen-bond donors (Lipinski definition) is 0. The lowest BCUT2D eigenvalue weighted by atomic mass is 10.1. The van der Waals surface area contributed by atoms with E-state index < -0.39 is 23.0 Å². The summed E-state index contributed by atoms with van der Waals surface area (Å²) in [6.07, 6.45) is -3.64. The van der Waals surface area contributed by atoms with Crippen molar-refractivity contribution in [1.29, 1.82) is 5.26 Å². The monoisotopic (exact) mass is 421 g/mol. The highest BCUT2D eigenvalue weighted by atomic mass is 19.4. The highest BCUT2D eigenvalue weighted by Gasteiger charge is 2.30. The van der Waals surface area contributed by atoms with Gasteiger partial charge in [0.25, 0.3) is 5.56 Å². The molecule has 2 heterocycles. The molecule has 0 bridgehead atoms. The zero-order valence-corrected chi connectivity index (χ0v) is 16.7. The zero-order valence-electron chi connectivity index (χ0n) is 16.7. The average molecular weight is 421 g/mol. The van der Waals surface area contributed by atoms with Gasteiger partial charge in [0.05, 0.1) is 5.56 Å². The predicted molar refractivity (Wildman–Crippen MR) is 105 cm³/mol. The van der Waals surface area contributed by atoms with Crippen LogP contribution in [0.2, 0.25) is 0 Å². The molecule has 7 nitrogen and oxygen atoms in total. The average Bonchev–Trinajstić information content (AvgIpc) is 2.94. The number of rotatable bonds is 3. The first-order valence-corrected chi connectivity index (χ1v) is 9.47. The molecule has 0 atom stereocenters. The Hall–Kier alpha value is -3.06. The van der Waals surface area contributed by atoms with Crippen LogP contribution in [0.4, 0.5) is 19.0 Å². The van der Waals surface area contributed by atoms with Crippen LogP contribution in [-0.2, 0) is 26.8 Å². The first-order valence-electron chi connectivity index (χ1n) is 9.47. The predicted octanol–water partition coefficient (Wildman–Crippen LogP) is 1.69. The van der Waals surface area contributed by atoms with Crippen molar-refractivity contribution in [2.45, 2.75) is 19.1 Å². The maximum atomic E-state index is 12.7. The molecule has 0 amide bonds. The number of aromatic nitrogens is 2. The van der Waals surface area contributed by atoms with Crippen molar-refractivity contribution in [3.8, 4) is 6.07 Å². The molecular weight excluding hydrogens is 399 g/mol. The summed E-state index contributed by atoms with van der Waals surface area (Å²) in [5, 5.41) is 9.47. The molecule has 160 valence electrons. The lowest BCUT2D eigenvalue weighted by Crippen LogP contribution is -2.43. The summed E-state index contributed by atoms with van der Waals surface area (Å²) in [4.78, 5) is 28.6. The molecule has 3 rings (SSSR count). The van der Waals surface area contributed by atoms with E-state index in [-0.39, 0.29) is 5.56 Å². The molecule has 1 fully saturated rings. The molecule has 1 aliphatic heterocycles. The lowest BCUT2D eigenvalue weighted by molar-refractivity contribution is -0.137. The van der Waals surface area contributed by atoms with E-state index in [0.29, 0.717) is 38.5 Å². The third-order valence-corrected chi connectivity index (χ3v) is 5.32. The minimum absolute atomic E-state index is 0.0733. The molecule has 30 heavy (non-hydrogen) atoms. The van der Waals surface area contributed by atoms with Gasteiger partial charge < -0.3 is 4.90 Å². The Morgan fingerprint density at radius 3 is 2.27 bits per heavy atom. The fraction of sp³-hybridized carbons (Fsp3) is 0.450. The zero-order chi connectivity index (χ0) is 22.1. The Kier molecular flexibility index (Phi) is 6.03. The van der Waals surface area contributed by atoms with Crippen molar-refractivity contribution in [3.63, 3.8) is 0 Å². The number of hydrogen-bond acceptors (Lipinski definition) is 5. The van der Waals surface area contributed by atoms with Gasteiger partial charge in [-0.3, -0.25) is 18.8 Å². The van der Waals surface area contributed by atoms with Crippen LogP contribution in [0.3, 0.4) is 0 Å². The second-order valence-corrected chi connectivity index (χ2v) is 7.33. The summed E-state index contributed by atoms with van der Waals surface area (Å²) < 4.78 is 40.4. The van der Waals surface area contributed by atoms with Crippen LogP contribution in [0, 0.1) is 11.3 Å². The Bertz CT molecular complexity index is 1080. The molecule has 2 aromatic rings. The van der Waals surface area contributed by atoms with E-state index in [1.54, 1.807) is 0 Å². The molecule has 0 radical (unpaired) electrons. The van der Waals surface area contributed by atoms with Gasteiger partial charge in [-0.05, 0) is 24.1 Å². The lowest BCUT2D eigenvalue weighted by Gasteiger charge is -2.26. The van der Waals surface area contributed by atoms with Gasteiger partial charge in [0.2, 0.25) is 0 Å². The van der Waals surface area contributed by atoms with Gasteiger partial charge in [0, 0.05) is 46.8 Å². The van der Waals surface area contributed by atoms with Gasteiger partial charge in [0.15, 0.2) is 5.56 Å². The first-order chi connectivity index (χ1) is 14.1. The van der Waals surface area contributed by atoms with Crippen molar-refractivity contribution in [3.05, 3.63) is 61.8 Å². The van der Waals surface area contributed by atoms with E-state index in [0.717, 1.165) is 28.7 Å². The highest BCUT2D eigenvalue weighted by molar-refractivity contribution is 5.53. The van der Waals surface area contributed by atoms with E-state index in [2.05, 4.69) is 4.90 Å². The first kappa shape index (κ1) is 21.6. The molecule has 1 saturated heterocycles. The summed E-state index contributed by atoms with van der Waals surface area (Å²) in [5.41, 5.74) is -1.10. The van der Waals surface area contributed by atoms with Crippen LogP contribution in [0.25, 0.3) is 0 Å². The third kappa shape index (κ3) is 4.26. The second-order valence-electron chi connectivity index (χ2n) is 7.33. The normalized spacial score (nSPS) is 15.7. The van der Waals surface area contributed by atoms with E-state index in [4.69, 9.17) is 0 Å². The Balaban J connectivity index is 1.77. The van der Waals surface area contributed by atoms with Crippen LogP contribution in [-0.4, -0.2) is 40.2 Å². The highest BCUT2D eigenvalue weighted by Crippen LogP contribution is 2.29. The largest absolute Gasteiger partial charge is 0.416 e. The van der Waals surface area contributed by atoms with Gasteiger partial charge >= 0.3 is 11.9 Å². The quantitative estimate of drug-likeness (QED) is 0.754. The molecule has 0 N–H and O–H groups in total. The fourth-order valence-corrected chi connectivity index (χ4v) is 3.70. The van der Waals surface area contributed by atoms with Crippen LogP contribution in [0.5, 0.6) is 0 Å². The molecule has 1 aliphatic rings. The molecular formula is C20H22F3N5O2. The van der Waals surface area contributed by atoms with Gasteiger partial charge in [-0.2, -0.15) is 18.4 Å². The maximum Gasteiger partial charge on any atom is 0.416 e.